The van der Waals surface area contributed by atoms with Gasteiger partial charge in [0.05, 0.1) is 13.2 Å². The highest BCUT2D eigenvalue weighted by atomic mass is 16.5. The van der Waals surface area contributed by atoms with Crippen LogP contribution >= 0.6 is 0 Å². The van der Waals surface area contributed by atoms with Crippen LogP contribution < -0.4 is 9.80 Å². The van der Waals surface area contributed by atoms with Crippen molar-refractivity contribution in [2.75, 3.05) is 69.3 Å². The number of morpholine rings is 1. The van der Waals surface area contributed by atoms with Crippen LogP contribution in [0.2, 0.25) is 0 Å². The molecule has 2 fully saturated rings. The van der Waals surface area contributed by atoms with Gasteiger partial charge in [0.25, 0.3) is 0 Å². The van der Waals surface area contributed by atoms with Crippen molar-refractivity contribution in [2.45, 2.75) is 0 Å². The monoisotopic (exact) mass is 261 g/mol. The van der Waals surface area contributed by atoms with Crippen molar-refractivity contribution in [3.63, 3.8) is 0 Å². The summed E-state index contributed by atoms with van der Waals surface area (Å²) in [5.41, 5.74) is 0. The highest BCUT2D eigenvalue weighted by molar-refractivity contribution is 5.48. The molecule has 0 amide bonds. The number of nitrogens with zero attached hydrogens (tertiary/aromatic N) is 4. The molecule has 1 radical (unpaired) electrons. The van der Waals surface area contributed by atoms with E-state index in [0.717, 1.165) is 64.1 Å². The van der Waals surface area contributed by atoms with Gasteiger partial charge in [0.1, 0.15) is 11.6 Å². The number of anilines is 2. The van der Waals surface area contributed by atoms with Crippen molar-refractivity contribution < 1.29 is 4.74 Å². The van der Waals surface area contributed by atoms with Crippen LogP contribution in [0.25, 0.3) is 0 Å². The Bertz CT molecular complexity index is 412. The lowest BCUT2D eigenvalue weighted by Gasteiger charge is -2.34. The van der Waals surface area contributed by atoms with Crippen molar-refractivity contribution in [1.82, 2.24) is 9.88 Å². The third-order valence-electron chi connectivity index (χ3n) is 3.82. The number of rotatable bonds is 2. The summed E-state index contributed by atoms with van der Waals surface area (Å²) in [7, 11) is 2.17. The Morgan fingerprint density at radius 2 is 1.53 bits per heavy atom. The van der Waals surface area contributed by atoms with E-state index in [1.807, 2.05) is 12.1 Å². The van der Waals surface area contributed by atoms with E-state index in [4.69, 9.17) is 9.72 Å². The molecule has 3 rings (SSSR count). The molecule has 5 nitrogen and oxygen atoms in total. The van der Waals surface area contributed by atoms with Gasteiger partial charge in [-0.05, 0) is 25.2 Å². The molecule has 0 unspecified atom stereocenters. The fourth-order valence-corrected chi connectivity index (χ4v) is 2.52. The number of hydrogen-bond donors (Lipinski definition) is 0. The summed E-state index contributed by atoms with van der Waals surface area (Å²) in [6, 6.07) is 7.21. The number of hydrogen-bond acceptors (Lipinski definition) is 5. The molecule has 0 bridgehead atoms. The third-order valence-corrected chi connectivity index (χ3v) is 3.82. The number of ether oxygens (including phenoxy) is 1. The highest BCUT2D eigenvalue weighted by Crippen LogP contribution is 2.19. The Hall–Kier alpha value is -1.33. The Balaban J connectivity index is 1.72. The van der Waals surface area contributed by atoms with Gasteiger partial charge in [0.2, 0.25) is 0 Å². The minimum absolute atomic E-state index is 0.792. The molecule has 2 aliphatic heterocycles. The lowest BCUT2D eigenvalue weighted by molar-refractivity contribution is 0.122. The van der Waals surface area contributed by atoms with Gasteiger partial charge >= 0.3 is 0 Å². The van der Waals surface area contributed by atoms with Gasteiger partial charge in [-0.2, -0.15) is 0 Å². The van der Waals surface area contributed by atoms with Crippen molar-refractivity contribution in [2.24, 2.45) is 0 Å². The Morgan fingerprint density at radius 1 is 0.947 bits per heavy atom. The number of piperazine rings is 1. The topological polar surface area (TPSA) is 31.8 Å². The van der Waals surface area contributed by atoms with Gasteiger partial charge < -0.3 is 19.4 Å². The largest absolute Gasteiger partial charge is 0.378 e. The first-order chi connectivity index (χ1) is 9.33. The van der Waals surface area contributed by atoms with E-state index in [0.29, 0.717) is 0 Å². The van der Waals surface area contributed by atoms with Crippen LogP contribution in [0.3, 0.4) is 0 Å². The standard InChI is InChI=1S/C14H21N4O/c1-16-5-7-17(8-6-16)13-3-2-4-14(15-13)18-9-11-19-12-10-18/h3-4H,5-12H2,1H3. The minimum atomic E-state index is 0.792. The van der Waals surface area contributed by atoms with Crippen LogP contribution in [-0.2, 0) is 4.74 Å². The summed E-state index contributed by atoms with van der Waals surface area (Å²) in [5.74, 6) is 2.08. The average molecular weight is 261 g/mol. The van der Waals surface area contributed by atoms with Crippen LogP contribution in [0.15, 0.2) is 12.1 Å². The molecule has 1 aromatic heterocycles. The Morgan fingerprint density at radius 3 is 2.16 bits per heavy atom. The Kier molecular flexibility index (Phi) is 3.84. The first kappa shape index (κ1) is 12.7. The molecule has 2 saturated heterocycles. The van der Waals surface area contributed by atoms with E-state index >= 15 is 0 Å². The van der Waals surface area contributed by atoms with Crippen molar-refractivity contribution in [3.05, 3.63) is 18.2 Å². The lowest BCUT2D eigenvalue weighted by Crippen LogP contribution is -2.45. The van der Waals surface area contributed by atoms with E-state index in [2.05, 4.69) is 27.8 Å². The molecule has 0 atom stereocenters. The molecule has 0 N–H and O–H groups in total. The number of aromatic nitrogens is 1. The smallest absolute Gasteiger partial charge is 0.131 e. The van der Waals surface area contributed by atoms with E-state index in [-0.39, 0.29) is 0 Å². The van der Waals surface area contributed by atoms with Crippen LogP contribution in [-0.4, -0.2) is 69.4 Å². The zero-order valence-corrected chi connectivity index (χ0v) is 11.5. The maximum absolute atomic E-state index is 5.38. The van der Waals surface area contributed by atoms with Crippen LogP contribution in [0.1, 0.15) is 0 Å². The van der Waals surface area contributed by atoms with E-state index in [9.17, 15) is 0 Å². The molecule has 103 valence electrons. The summed E-state index contributed by atoms with van der Waals surface area (Å²) in [6.45, 7) is 7.72. The van der Waals surface area contributed by atoms with E-state index < -0.39 is 0 Å². The van der Waals surface area contributed by atoms with Crippen molar-refractivity contribution in [1.29, 1.82) is 0 Å². The van der Waals surface area contributed by atoms with Gasteiger partial charge in [-0.15, -0.1) is 0 Å². The number of pyridine rings is 1. The van der Waals surface area contributed by atoms with Crippen LogP contribution in [0.4, 0.5) is 11.6 Å². The van der Waals surface area contributed by atoms with Crippen molar-refractivity contribution >= 4 is 11.6 Å². The molecular formula is C14H21N4O. The zero-order chi connectivity index (χ0) is 13.1. The van der Waals surface area contributed by atoms with Gasteiger partial charge in [-0.25, -0.2) is 4.98 Å². The molecule has 2 aliphatic rings. The molecule has 5 heteroatoms. The van der Waals surface area contributed by atoms with Crippen LogP contribution in [0, 0.1) is 6.07 Å². The molecule has 0 aromatic carbocycles. The van der Waals surface area contributed by atoms with Gasteiger partial charge in [0, 0.05) is 39.3 Å². The second-order valence-electron chi connectivity index (χ2n) is 5.17. The average Bonchev–Trinajstić information content (AvgIpc) is 2.49. The van der Waals surface area contributed by atoms with Crippen LogP contribution in [0.5, 0.6) is 0 Å². The fraction of sp³-hybridized carbons (Fsp3) is 0.643. The Labute approximate surface area is 114 Å². The van der Waals surface area contributed by atoms with E-state index in [1.54, 1.807) is 0 Å². The maximum atomic E-state index is 5.38. The third kappa shape index (κ3) is 2.98. The summed E-state index contributed by atoms with van der Waals surface area (Å²) < 4.78 is 5.38. The predicted octanol–water partition coefficient (Wildman–Crippen LogP) is 0.470. The highest BCUT2D eigenvalue weighted by Gasteiger charge is 2.17. The summed E-state index contributed by atoms with van der Waals surface area (Å²) in [4.78, 5) is 11.8. The molecule has 0 spiro atoms. The van der Waals surface area contributed by atoms with Crippen molar-refractivity contribution in [3.8, 4) is 0 Å². The molecule has 1 aromatic rings. The first-order valence-corrected chi connectivity index (χ1v) is 6.97. The first-order valence-electron chi connectivity index (χ1n) is 6.97. The summed E-state index contributed by atoms with van der Waals surface area (Å²) in [6.07, 6.45) is 0. The fourth-order valence-electron chi connectivity index (χ4n) is 2.52. The molecule has 3 heterocycles. The summed E-state index contributed by atoms with van der Waals surface area (Å²) >= 11 is 0. The lowest BCUT2D eigenvalue weighted by atomic mass is 10.3. The normalized spacial score (nSPS) is 21.7. The summed E-state index contributed by atoms with van der Waals surface area (Å²) in [5, 5.41) is 0. The molecule has 0 aliphatic carbocycles. The quantitative estimate of drug-likeness (QED) is 0.772. The molecule has 19 heavy (non-hydrogen) atoms. The number of likely N-dealkylation sites (N-methyl/N-ethyl adjacent to an activating group) is 1. The predicted molar refractivity (Wildman–Crippen MR) is 75.8 cm³/mol. The van der Waals surface area contributed by atoms with Gasteiger partial charge in [-0.3, -0.25) is 0 Å². The second kappa shape index (κ2) is 5.75. The SMILES string of the molecule is CN1CCN(c2c[c]cc(N3CCOCC3)n2)CC1. The maximum Gasteiger partial charge on any atom is 0.131 e. The second-order valence-corrected chi connectivity index (χ2v) is 5.17. The minimum Gasteiger partial charge on any atom is -0.378 e. The van der Waals surface area contributed by atoms with Gasteiger partial charge in [-0.1, -0.05) is 0 Å². The van der Waals surface area contributed by atoms with E-state index in [1.165, 1.54) is 0 Å². The molecule has 0 saturated carbocycles. The van der Waals surface area contributed by atoms with Gasteiger partial charge in [0.15, 0.2) is 0 Å². The molecular weight excluding hydrogens is 240 g/mol. The zero-order valence-electron chi connectivity index (χ0n) is 11.5.